The van der Waals surface area contributed by atoms with Crippen molar-refractivity contribution in [2.45, 2.75) is 50.9 Å². The molecule has 0 unspecified atom stereocenters. The Labute approximate surface area is 140 Å². The molecule has 4 nitrogen and oxygen atoms in total. The van der Waals surface area contributed by atoms with Crippen molar-refractivity contribution in [2.24, 2.45) is 5.73 Å². The summed E-state index contributed by atoms with van der Waals surface area (Å²) in [4.78, 5) is 8.33. The average Bonchev–Trinajstić information content (AvgIpc) is 2.61. The smallest absolute Gasteiger partial charge is 0.354 e. The van der Waals surface area contributed by atoms with Gasteiger partial charge in [-0.05, 0) is 18.9 Å². The fraction of sp³-hybridized carbons (Fsp3) is 0.706. The maximum atomic E-state index is 13.0. The molecule has 24 heavy (non-hydrogen) atoms. The summed E-state index contributed by atoms with van der Waals surface area (Å²) in [6.45, 7) is 3.37. The van der Waals surface area contributed by atoms with E-state index in [1.807, 2.05) is 4.90 Å². The zero-order valence-corrected chi connectivity index (χ0v) is 13.9. The molecule has 2 aliphatic rings. The summed E-state index contributed by atoms with van der Waals surface area (Å²) in [7, 11) is 0. The molecule has 2 N–H and O–H groups in total. The van der Waals surface area contributed by atoms with Crippen LogP contribution in [0.5, 0.6) is 0 Å². The lowest BCUT2D eigenvalue weighted by Crippen LogP contribution is -2.51. The summed E-state index contributed by atoms with van der Waals surface area (Å²) in [5, 5.41) is 0. The highest BCUT2D eigenvalue weighted by molar-refractivity contribution is 5.48. The zero-order chi connectivity index (χ0) is 17.2. The number of hydrogen-bond donors (Lipinski definition) is 1. The topological polar surface area (TPSA) is 45.4 Å². The number of nitrogens with two attached hydrogens (primary N) is 1. The number of hydrogen-bond acceptors (Lipinski definition) is 4. The number of rotatable bonds is 3. The molecule has 0 amide bonds. The van der Waals surface area contributed by atoms with Gasteiger partial charge < -0.3 is 10.6 Å². The van der Waals surface area contributed by atoms with Crippen molar-refractivity contribution in [3.63, 3.8) is 0 Å². The third-order valence-corrected chi connectivity index (χ3v) is 5.17. The van der Waals surface area contributed by atoms with Crippen LogP contribution >= 0.6 is 0 Å². The second-order valence-electron chi connectivity index (χ2n) is 6.70. The highest BCUT2D eigenvalue weighted by Gasteiger charge is 2.34. The Balaban J connectivity index is 1.71. The molecule has 1 aliphatic carbocycles. The van der Waals surface area contributed by atoms with Crippen LogP contribution < -0.4 is 10.6 Å². The second-order valence-corrected chi connectivity index (χ2v) is 6.70. The molecule has 0 aromatic carbocycles. The molecule has 2 heterocycles. The minimum atomic E-state index is -4.42. The van der Waals surface area contributed by atoms with Gasteiger partial charge in [-0.3, -0.25) is 4.90 Å². The van der Waals surface area contributed by atoms with Crippen LogP contribution in [-0.4, -0.2) is 42.1 Å². The third-order valence-electron chi connectivity index (χ3n) is 5.17. The summed E-state index contributed by atoms with van der Waals surface area (Å²) in [6.07, 6.45) is 1.97. The van der Waals surface area contributed by atoms with Crippen LogP contribution in [0.3, 0.4) is 0 Å². The molecule has 1 saturated heterocycles. The van der Waals surface area contributed by atoms with Crippen LogP contribution in [0, 0.1) is 0 Å². The minimum absolute atomic E-state index is 0.198. The van der Waals surface area contributed by atoms with Crippen LogP contribution in [0.15, 0.2) is 12.1 Å². The first kappa shape index (κ1) is 17.5. The van der Waals surface area contributed by atoms with Gasteiger partial charge in [0.25, 0.3) is 0 Å². The van der Waals surface area contributed by atoms with E-state index in [0.717, 1.165) is 19.2 Å². The van der Waals surface area contributed by atoms with Gasteiger partial charge in [0, 0.05) is 44.3 Å². The van der Waals surface area contributed by atoms with Gasteiger partial charge in [0.05, 0.1) is 0 Å². The van der Waals surface area contributed by atoms with E-state index in [4.69, 9.17) is 5.73 Å². The van der Waals surface area contributed by atoms with Crippen molar-refractivity contribution in [1.29, 1.82) is 0 Å². The van der Waals surface area contributed by atoms with E-state index in [0.29, 0.717) is 30.5 Å². The van der Waals surface area contributed by atoms with Crippen molar-refractivity contribution < 1.29 is 13.2 Å². The van der Waals surface area contributed by atoms with E-state index in [1.54, 1.807) is 0 Å². The molecule has 3 rings (SSSR count). The van der Waals surface area contributed by atoms with Crippen LogP contribution in [0.25, 0.3) is 0 Å². The van der Waals surface area contributed by atoms with Gasteiger partial charge in [-0.1, -0.05) is 25.3 Å². The number of alkyl halides is 3. The molecule has 1 aliphatic heterocycles. The molecule has 1 aromatic rings. The van der Waals surface area contributed by atoms with E-state index in [1.165, 1.54) is 38.2 Å². The molecule has 2 fully saturated rings. The number of aromatic nitrogens is 1. The summed E-state index contributed by atoms with van der Waals surface area (Å²) in [5.41, 5.74) is 5.53. The predicted molar refractivity (Wildman–Crippen MR) is 87.8 cm³/mol. The average molecular weight is 342 g/mol. The minimum Gasteiger partial charge on any atom is -0.354 e. The van der Waals surface area contributed by atoms with Gasteiger partial charge in [-0.15, -0.1) is 0 Å². The summed E-state index contributed by atoms with van der Waals surface area (Å²) >= 11 is 0. The Bertz CT molecular complexity index is 547. The first-order chi connectivity index (χ1) is 11.5. The van der Waals surface area contributed by atoms with Crippen molar-refractivity contribution in [2.75, 3.05) is 31.1 Å². The lowest BCUT2D eigenvalue weighted by atomic mass is 9.94. The lowest BCUT2D eigenvalue weighted by Gasteiger charge is -2.41. The van der Waals surface area contributed by atoms with E-state index >= 15 is 0 Å². The fourth-order valence-electron chi connectivity index (χ4n) is 3.81. The largest absolute Gasteiger partial charge is 0.433 e. The Morgan fingerprint density at radius 3 is 2.29 bits per heavy atom. The number of anilines is 1. The lowest BCUT2D eigenvalue weighted by molar-refractivity contribution is -0.141. The van der Waals surface area contributed by atoms with Gasteiger partial charge in [0.15, 0.2) is 0 Å². The van der Waals surface area contributed by atoms with E-state index in [2.05, 4.69) is 9.88 Å². The first-order valence-electron chi connectivity index (χ1n) is 8.75. The third kappa shape index (κ3) is 3.83. The Morgan fingerprint density at radius 1 is 1.04 bits per heavy atom. The summed E-state index contributed by atoms with van der Waals surface area (Å²) in [6, 6.07) is 3.12. The molecule has 7 heteroatoms. The highest BCUT2D eigenvalue weighted by atomic mass is 19.4. The molecule has 0 spiro atoms. The number of halogens is 3. The zero-order valence-electron chi connectivity index (χ0n) is 13.9. The van der Waals surface area contributed by atoms with Crippen molar-refractivity contribution >= 4 is 5.82 Å². The molecule has 0 radical (unpaired) electrons. The van der Waals surface area contributed by atoms with E-state index in [-0.39, 0.29) is 6.54 Å². The maximum absolute atomic E-state index is 13.0. The molecule has 0 atom stereocenters. The Morgan fingerprint density at radius 2 is 1.71 bits per heavy atom. The molecule has 1 saturated carbocycles. The van der Waals surface area contributed by atoms with Gasteiger partial charge >= 0.3 is 6.18 Å². The summed E-state index contributed by atoms with van der Waals surface area (Å²) < 4.78 is 38.9. The van der Waals surface area contributed by atoms with Crippen molar-refractivity contribution in [3.8, 4) is 0 Å². The van der Waals surface area contributed by atoms with Gasteiger partial charge in [-0.25, -0.2) is 4.98 Å². The van der Waals surface area contributed by atoms with Gasteiger partial charge in [-0.2, -0.15) is 13.2 Å². The normalized spacial score (nSPS) is 21.2. The Hall–Kier alpha value is -1.34. The van der Waals surface area contributed by atoms with Crippen LogP contribution in [-0.2, 0) is 12.7 Å². The van der Waals surface area contributed by atoms with Crippen LogP contribution in [0.4, 0.5) is 19.0 Å². The monoisotopic (exact) mass is 342 g/mol. The highest BCUT2D eigenvalue weighted by Crippen LogP contribution is 2.31. The van der Waals surface area contributed by atoms with E-state index in [9.17, 15) is 13.2 Å². The van der Waals surface area contributed by atoms with Crippen LogP contribution in [0.1, 0.15) is 43.4 Å². The predicted octanol–water partition coefficient (Wildman–Crippen LogP) is 3.01. The van der Waals surface area contributed by atoms with Crippen molar-refractivity contribution in [3.05, 3.63) is 23.4 Å². The quantitative estimate of drug-likeness (QED) is 0.917. The second kappa shape index (κ2) is 7.27. The fourth-order valence-corrected chi connectivity index (χ4v) is 3.81. The van der Waals surface area contributed by atoms with Crippen LogP contribution in [0.2, 0.25) is 0 Å². The SMILES string of the molecule is NCc1ccc(C(F)(F)F)nc1N1CCN(C2CCCCC2)CC1. The number of pyridine rings is 1. The molecular weight excluding hydrogens is 317 g/mol. The Kier molecular flexibility index (Phi) is 5.30. The van der Waals surface area contributed by atoms with Crippen molar-refractivity contribution in [1.82, 2.24) is 9.88 Å². The molecule has 134 valence electrons. The van der Waals surface area contributed by atoms with Gasteiger partial charge in [0.1, 0.15) is 11.5 Å². The van der Waals surface area contributed by atoms with Gasteiger partial charge in [0.2, 0.25) is 0 Å². The standard InChI is InChI=1S/C17H25F3N4/c18-17(19,20)15-7-6-13(12-21)16(22-15)24-10-8-23(9-11-24)14-4-2-1-3-5-14/h6-7,14H,1-5,8-12,21H2. The first-order valence-corrected chi connectivity index (χ1v) is 8.75. The number of piperazine rings is 1. The number of nitrogens with zero attached hydrogens (tertiary/aromatic N) is 3. The summed E-state index contributed by atoms with van der Waals surface area (Å²) in [5.74, 6) is 0.399. The maximum Gasteiger partial charge on any atom is 0.433 e. The molecule has 0 bridgehead atoms. The molecular formula is C17H25F3N4. The molecule has 1 aromatic heterocycles. The van der Waals surface area contributed by atoms with E-state index < -0.39 is 11.9 Å².